The van der Waals surface area contributed by atoms with Gasteiger partial charge in [0.25, 0.3) is 0 Å². The van der Waals surface area contributed by atoms with Crippen LogP contribution >= 0.6 is 0 Å². The summed E-state index contributed by atoms with van der Waals surface area (Å²) in [6.45, 7) is 6.01. The number of hydrogen-bond acceptors (Lipinski definition) is 4. The second-order valence-corrected chi connectivity index (χ2v) is 7.21. The zero-order chi connectivity index (χ0) is 17.5. The van der Waals surface area contributed by atoms with E-state index < -0.39 is 11.4 Å². The van der Waals surface area contributed by atoms with Gasteiger partial charge in [0.15, 0.2) is 0 Å². The lowest BCUT2D eigenvalue weighted by Crippen LogP contribution is -2.46. The minimum atomic E-state index is -0.987. The van der Waals surface area contributed by atoms with E-state index in [4.69, 9.17) is 4.74 Å². The molecule has 128 valence electrons. The molecule has 0 heterocycles. The minimum Gasteiger partial charge on any atom is -0.462 e. The quantitative estimate of drug-likeness (QED) is 0.680. The van der Waals surface area contributed by atoms with Crippen LogP contribution in [0.15, 0.2) is 24.3 Å². The summed E-state index contributed by atoms with van der Waals surface area (Å²) >= 11 is 0. The van der Waals surface area contributed by atoms with E-state index in [1.807, 2.05) is 13.8 Å². The molecule has 2 aliphatic carbocycles. The first kappa shape index (κ1) is 16.7. The first-order valence-corrected chi connectivity index (χ1v) is 8.45. The Kier molecular flexibility index (Phi) is 3.98. The number of amides is 1. The molecule has 1 amide bonds. The van der Waals surface area contributed by atoms with E-state index in [9.17, 15) is 14.4 Å². The van der Waals surface area contributed by atoms with Gasteiger partial charge in [0, 0.05) is 6.42 Å². The predicted molar refractivity (Wildman–Crippen MR) is 89.6 cm³/mol. The number of ketones is 1. The monoisotopic (exact) mass is 329 g/mol. The largest absolute Gasteiger partial charge is 0.462 e. The molecule has 24 heavy (non-hydrogen) atoms. The molecular formula is C19H23NO4. The van der Waals surface area contributed by atoms with Crippen LogP contribution < -0.4 is 5.32 Å². The number of para-hydroxylation sites is 1. The second kappa shape index (κ2) is 5.72. The molecule has 0 aliphatic heterocycles. The predicted octanol–water partition coefficient (Wildman–Crippen LogP) is 3.20. The Hall–Kier alpha value is -2.17. The normalized spacial score (nSPS) is 27.1. The number of hydrogen-bond donors (Lipinski definition) is 1. The summed E-state index contributed by atoms with van der Waals surface area (Å²) in [7, 11) is 0. The molecule has 1 aromatic carbocycles. The van der Waals surface area contributed by atoms with Gasteiger partial charge in [-0.05, 0) is 43.2 Å². The molecule has 2 saturated carbocycles. The zero-order valence-electron chi connectivity index (χ0n) is 14.3. The highest BCUT2D eigenvalue weighted by atomic mass is 16.5. The van der Waals surface area contributed by atoms with Gasteiger partial charge in [-0.15, -0.1) is 0 Å². The van der Waals surface area contributed by atoms with Crippen LogP contribution in [0.5, 0.6) is 0 Å². The topological polar surface area (TPSA) is 72.5 Å². The van der Waals surface area contributed by atoms with Crippen molar-refractivity contribution in [2.45, 2.75) is 40.0 Å². The Morgan fingerprint density at radius 3 is 2.58 bits per heavy atom. The number of rotatable bonds is 4. The summed E-state index contributed by atoms with van der Waals surface area (Å²) in [6.07, 6.45) is 1.95. The average Bonchev–Trinajstić information content (AvgIpc) is 2.91. The Bertz CT molecular complexity index is 709. The minimum absolute atomic E-state index is 0.0230. The van der Waals surface area contributed by atoms with Crippen molar-refractivity contribution in [3.63, 3.8) is 0 Å². The molecule has 0 spiro atoms. The van der Waals surface area contributed by atoms with Gasteiger partial charge in [0.2, 0.25) is 5.91 Å². The molecule has 1 aromatic rings. The standard InChI is InChI=1S/C19H23NO4/c1-4-24-16(22)13-7-5-6-8-14(13)20-17(23)19-10-9-12(11-15(19)21)18(19,2)3/h5-8,12H,4,9-11H2,1-3H3,(H,20,23). The summed E-state index contributed by atoms with van der Waals surface area (Å²) in [4.78, 5) is 37.7. The van der Waals surface area contributed by atoms with Crippen molar-refractivity contribution < 1.29 is 19.1 Å². The molecule has 0 radical (unpaired) electrons. The van der Waals surface area contributed by atoms with Gasteiger partial charge in [-0.3, -0.25) is 9.59 Å². The van der Waals surface area contributed by atoms with Crippen LogP contribution in [-0.2, 0) is 14.3 Å². The van der Waals surface area contributed by atoms with Crippen molar-refractivity contribution in [3.8, 4) is 0 Å². The first-order valence-electron chi connectivity index (χ1n) is 8.45. The van der Waals surface area contributed by atoms with Gasteiger partial charge in [-0.2, -0.15) is 0 Å². The Morgan fingerprint density at radius 2 is 2.00 bits per heavy atom. The molecule has 2 bridgehead atoms. The fraction of sp³-hybridized carbons (Fsp3) is 0.526. The summed E-state index contributed by atoms with van der Waals surface area (Å²) in [5, 5.41) is 2.84. The molecule has 2 unspecified atom stereocenters. The average molecular weight is 329 g/mol. The molecule has 5 nitrogen and oxygen atoms in total. The molecule has 2 fully saturated rings. The summed E-state index contributed by atoms with van der Waals surface area (Å²) in [5.74, 6) is -0.493. The number of carbonyl (C=O) groups is 3. The number of ether oxygens (including phenoxy) is 1. The van der Waals surface area contributed by atoms with E-state index >= 15 is 0 Å². The third-order valence-electron chi connectivity index (χ3n) is 5.95. The molecular weight excluding hydrogens is 306 g/mol. The van der Waals surface area contributed by atoms with Crippen molar-refractivity contribution in [1.82, 2.24) is 0 Å². The molecule has 5 heteroatoms. The lowest BCUT2D eigenvalue weighted by atomic mass is 9.68. The maximum Gasteiger partial charge on any atom is 0.340 e. The molecule has 0 aromatic heterocycles. The van der Waals surface area contributed by atoms with Crippen LogP contribution in [-0.4, -0.2) is 24.3 Å². The van der Waals surface area contributed by atoms with Crippen molar-refractivity contribution >= 4 is 23.3 Å². The number of Topliss-reactive ketones (excluding diaryl/α,β-unsaturated/α-hetero) is 1. The lowest BCUT2D eigenvalue weighted by molar-refractivity contribution is -0.141. The van der Waals surface area contributed by atoms with Crippen molar-refractivity contribution in [2.24, 2.45) is 16.7 Å². The number of esters is 1. The van der Waals surface area contributed by atoms with Gasteiger partial charge in [-0.1, -0.05) is 26.0 Å². The van der Waals surface area contributed by atoms with Crippen molar-refractivity contribution in [2.75, 3.05) is 11.9 Å². The van der Waals surface area contributed by atoms with Crippen molar-refractivity contribution in [1.29, 1.82) is 0 Å². The van der Waals surface area contributed by atoms with E-state index in [1.165, 1.54) is 0 Å². The van der Waals surface area contributed by atoms with E-state index in [-0.39, 0.29) is 29.6 Å². The smallest absolute Gasteiger partial charge is 0.340 e. The Balaban J connectivity index is 1.91. The van der Waals surface area contributed by atoms with E-state index in [0.717, 1.165) is 6.42 Å². The summed E-state index contributed by atoms with van der Waals surface area (Å²) in [6, 6.07) is 6.75. The van der Waals surface area contributed by atoms with Crippen LogP contribution in [0.1, 0.15) is 50.4 Å². The number of anilines is 1. The Morgan fingerprint density at radius 1 is 1.29 bits per heavy atom. The highest BCUT2D eigenvalue weighted by molar-refractivity contribution is 6.15. The third-order valence-corrected chi connectivity index (χ3v) is 5.95. The SMILES string of the molecule is CCOC(=O)c1ccccc1NC(=O)C12CCC(CC1=O)C2(C)C. The van der Waals surface area contributed by atoms with Crippen LogP contribution in [0.4, 0.5) is 5.69 Å². The maximum absolute atomic E-state index is 13.1. The zero-order valence-corrected chi connectivity index (χ0v) is 14.3. The van der Waals surface area contributed by atoms with Crippen LogP contribution in [0.25, 0.3) is 0 Å². The van der Waals surface area contributed by atoms with Gasteiger partial charge >= 0.3 is 5.97 Å². The number of carbonyl (C=O) groups excluding carboxylic acids is 3. The third kappa shape index (κ3) is 2.18. The fourth-order valence-electron chi connectivity index (χ4n) is 4.42. The molecule has 1 N–H and O–H groups in total. The summed E-state index contributed by atoms with van der Waals surface area (Å²) in [5.41, 5.74) is -0.636. The Labute approximate surface area is 141 Å². The highest BCUT2D eigenvalue weighted by Crippen LogP contribution is 2.64. The summed E-state index contributed by atoms with van der Waals surface area (Å²) < 4.78 is 5.04. The molecule has 2 aliphatic rings. The van der Waals surface area contributed by atoms with Crippen LogP contribution in [0.3, 0.4) is 0 Å². The molecule has 2 atom stereocenters. The number of benzene rings is 1. The second-order valence-electron chi connectivity index (χ2n) is 7.21. The maximum atomic E-state index is 13.1. The van der Waals surface area contributed by atoms with E-state index in [0.29, 0.717) is 24.1 Å². The molecule has 3 rings (SSSR count). The number of nitrogens with one attached hydrogen (secondary N) is 1. The first-order chi connectivity index (χ1) is 11.3. The van der Waals surface area contributed by atoms with Crippen LogP contribution in [0, 0.1) is 16.7 Å². The highest BCUT2D eigenvalue weighted by Gasteiger charge is 2.68. The van der Waals surface area contributed by atoms with E-state index in [2.05, 4.69) is 5.32 Å². The van der Waals surface area contributed by atoms with Crippen molar-refractivity contribution in [3.05, 3.63) is 29.8 Å². The van der Waals surface area contributed by atoms with Gasteiger partial charge in [0.05, 0.1) is 17.9 Å². The van der Waals surface area contributed by atoms with Crippen LogP contribution in [0.2, 0.25) is 0 Å². The van der Waals surface area contributed by atoms with Gasteiger partial charge < -0.3 is 10.1 Å². The number of fused-ring (bicyclic) bond motifs is 2. The van der Waals surface area contributed by atoms with Gasteiger partial charge in [-0.25, -0.2) is 4.79 Å². The fourth-order valence-corrected chi connectivity index (χ4v) is 4.42. The molecule has 0 saturated heterocycles. The van der Waals surface area contributed by atoms with E-state index in [1.54, 1.807) is 31.2 Å². The van der Waals surface area contributed by atoms with Gasteiger partial charge in [0.1, 0.15) is 11.2 Å². The lowest BCUT2D eigenvalue weighted by Gasteiger charge is -2.35.